The Labute approximate surface area is 191 Å². The summed E-state index contributed by atoms with van der Waals surface area (Å²) < 4.78 is 34.7. The predicted octanol–water partition coefficient (Wildman–Crippen LogP) is 3.02. The summed E-state index contributed by atoms with van der Waals surface area (Å²) in [7, 11) is -1.81. The predicted molar refractivity (Wildman–Crippen MR) is 126 cm³/mol. The Hall–Kier alpha value is -2.26. The van der Waals surface area contributed by atoms with Crippen molar-refractivity contribution in [2.24, 2.45) is 5.92 Å². The number of allylic oxidation sites excluding steroid dienone is 1. The van der Waals surface area contributed by atoms with Gasteiger partial charge in [-0.3, -0.25) is 9.88 Å². The van der Waals surface area contributed by atoms with E-state index < -0.39 is 16.1 Å². The number of aliphatic hydroxyl groups is 1. The van der Waals surface area contributed by atoms with Crippen molar-refractivity contribution >= 4 is 16.1 Å². The third kappa shape index (κ3) is 5.56. The summed E-state index contributed by atoms with van der Waals surface area (Å²) >= 11 is 0. The summed E-state index contributed by atoms with van der Waals surface area (Å²) in [6, 6.07) is 10.4. The van der Waals surface area contributed by atoms with E-state index in [1.165, 1.54) is 4.31 Å². The average molecular weight is 460 g/mol. The Bertz CT molecular complexity index is 1030. The van der Waals surface area contributed by atoms with E-state index in [0.717, 1.165) is 11.3 Å². The molecule has 0 bridgehead atoms. The zero-order valence-corrected chi connectivity index (χ0v) is 20.0. The molecule has 3 rings (SSSR count). The number of hydrogen-bond acceptors (Lipinski definition) is 6. The van der Waals surface area contributed by atoms with Gasteiger partial charge in [0, 0.05) is 37.8 Å². The second kappa shape index (κ2) is 10.6. The van der Waals surface area contributed by atoms with Gasteiger partial charge in [0.15, 0.2) is 0 Å². The maximum absolute atomic E-state index is 13.5. The molecule has 7 nitrogen and oxygen atoms in total. The molecule has 2 heterocycles. The van der Waals surface area contributed by atoms with Crippen LogP contribution < -0.4 is 4.74 Å². The van der Waals surface area contributed by atoms with Crippen molar-refractivity contribution in [2.75, 3.05) is 26.7 Å². The van der Waals surface area contributed by atoms with Gasteiger partial charge >= 0.3 is 0 Å². The van der Waals surface area contributed by atoms with Gasteiger partial charge in [-0.25, -0.2) is 8.42 Å². The van der Waals surface area contributed by atoms with Crippen molar-refractivity contribution < 1.29 is 18.3 Å². The number of hydrogen-bond donors (Lipinski definition) is 1. The largest absolute Gasteiger partial charge is 0.487 e. The average Bonchev–Trinajstić information content (AvgIpc) is 2.76. The minimum absolute atomic E-state index is 0.0940. The minimum atomic E-state index is -3.82. The van der Waals surface area contributed by atoms with Crippen molar-refractivity contribution in [3.05, 3.63) is 59.9 Å². The van der Waals surface area contributed by atoms with E-state index in [9.17, 15) is 13.5 Å². The highest BCUT2D eigenvalue weighted by atomic mass is 32.2. The zero-order valence-electron chi connectivity index (χ0n) is 19.2. The molecule has 0 aliphatic carbocycles. The molecule has 3 atom stereocenters. The molecule has 0 unspecified atom stereocenters. The van der Waals surface area contributed by atoms with Crippen LogP contribution in [0.4, 0.5) is 0 Å². The maximum Gasteiger partial charge on any atom is 0.247 e. The molecule has 1 N–H and O–H groups in total. The van der Waals surface area contributed by atoms with E-state index in [4.69, 9.17) is 4.74 Å². The van der Waals surface area contributed by atoms with Gasteiger partial charge in [0.05, 0.1) is 12.3 Å². The number of sulfonamides is 1. The van der Waals surface area contributed by atoms with E-state index in [0.29, 0.717) is 18.8 Å². The van der Waals surface area contributed by atoms with Gasteiger partial charge in [-0.1, -0.05) is 31.2 Å². The van der Waals surface area contributed by atoms with Gasteiger partial charge in [0.2, 0.25) is 10.0 Å². The Morgan fingerprint density at radius 3 is 2.78 bits per heavy atom. The first-order chi connectivity index (χ1) is 15.3. The summed E-state index contributed by atoms with van der Waals surface area (Å²) in [5.74, 6) is 0.252. The highest BCUT2D eigenvalue weighted by Gasteiger charge is 2.38. The third-order valence-electron chi connectivity index (χ3n) is 5.70. The molecule has 0 saturated heterocycles. The zero-order chi connectivity index (χ0) is 23.3. The maximum atomic E-state index is 13.5. The fourth-order valence-electron chi connectivity index (χ4n) is 3.90. The van der Waals surface area contributed by atoms with Crippen LogP contribution in [0.1, 0.15) is 32.0 Å². The number of fused-ring (bicyclic) bond motifs is 1. The second-order valence-electron chi connectivity index (χ2n) is 8.46. The van der Waals surface area contributed by atoms with Crippen LogP contribution in [0.15, 0.2) is 53.6 Å². The molecular formula is C24H33N3O4S. The number of benzene rings is 1. The molecule has 0 radical (unpaired) electrons. The monoisotopic (exact) mass is 459 g/mol. The normalized spacial score (nSPS) is 22.2. The molecule has 0 amide bonds. The van der Waals surface area contributed by atoms with Crippen LogP contribution in [-0.4, -0.2) is 66.6 Å². The fourth-order valence-corrected chi connectivity index (χ4v) is 5.72. The van der Waals surface area contributed by atoms with Gasteiger partial charge in [0.1, 0.15) is 16.7 Å². The highest BCUT2D eigenvalue weighted by molar-refractivity contribution is 7.89. The topological polar surface area (TPSA) is 83.0 Å². The third-order valence-corrected chi connectivity index (χ3v) is 7.72. The Morgan fingerprint density at radius 1 is 1.34 bits per heavy atom. The van der Waals surface area contributed by atoms with E-state index in [1.54, 1.807) is 31.3 Å². The van der Waals surface area contributed by atoms with Crippen LogP contribution >= 0.6 is 0 Å². The fraction of sp³-hybridized carbons (Fsp3) is 0.458. The van der Waals surface area contributed by atoms with Gasteiger partial charge in [0.25, 0.3) is 0 Å². The van der Waals surface area contributed by atoms with Crippen LogP contribution in [0, 0.1) is 5.92 Å². The van der Waals surface area contributed by atoms with Crippen LogP contribution in [0.2, 0.25) is 0 Å². The molecule has 174 valence electrons. The van der Waals surface area contributed by atoms with Crippen molar-refractivity contribution in [3.8, 4) is 5.75 Å². The van der Waals surface area contributed by atoms with Crippen molar-refractivity contribution in [2.45, 2.75) is 44.4 Å². The van der Waals surface area contributed by atoms with E-state index in [-0.39, 0.29) is 30.1 Å². The number of nitrogens with zero attached hydrogens (tertiary/aromatic N) is 3. The molecule has 0 saturated carbocycles. The molecule has 8 heteroatoms. The lowest BCUT2D eigenvalue weighted by Crippen LogP contribution is -2.49. The number of aliphatic hydroxyl groups excluding tert-OH is 1. The smallest absolute Gasteiger partial charge is 0.247 e. The first-order valence-electron chi connectivity index (χ1n) is 10.9. The van der Waals surface area contributed by atoms with E-state index >= 15 is 0 Å². The van der Waals surface area contributed by atoms with Gasteiger partial charge in [-0.15, -0.1) is 0 Å². The van der Waals surface area contributed by atoms with Crippen LogP contribution in [0.3, 0.4) is 0 Å². The van der Waals surface area contributed by atoms with Gasteiger partial charge in [-0.2, -0.15) is 4.31 Å². The molecule has 1 aromatic carbocycles. The van der Waals surface area contributed by atoms with E-state index in [2.05, 4.69) is 9.88 Å². The van der Waals surface area contributed by atoms with Crippen molar-refractivity contribution in [3.63, 3.8) is 0 Å². The number of ether oxygens (including phenoxy) is 1. The standard InChI is InChI=1S/C24H33N3O4S/c1-5-8-20-10-11-24-22(13-20)31-23(16-26(4)15-21-9-6-7-12-25-21)18(2)14-27(19(3)17-28)32(24,29)30/h5-13,18-19,23,28H,14-17H2,1-4H3/t18-,19+,23+/m0/s1. The number of aromatic nitrogens is 1. The first kappa shape index (κ1) is 24.4. The summed E-state index contributed by atoms with van der Waals surface area (Å²) in [6.45, 7) is 6.91. The highest BCUT2D eigenvalue weighted by Crippen LogP contribution is 2.34. The Kier molecular flexibility index (Phi) is 8.05. The van der Waals surface area contributed by atoms with Crippen molar-refractivity contribution in [1.29, 1.82) is 0 Å². The molecule has 32 heavy (non-hydrogen) atoms. The molecule has 2 aromatic rings. The number of likely N-dealkylation sites (N-methyl/N-ethyl adjacent to an activating group) is 1. The quantitative estimate of drug-likeness (QED) is 0.685. The van der Waals surface area contributed by atoms with Crippen LogP contribution in [-0.2, 0) is 16.6 Å². The van der Waals surface area contributed by atoms with Crippen molar-refractivity contribution in [1.82, 2.24) is 14.2 Å². The lowest BCUT2D eigenvalue weighted by molar-refractivity contribution is 0.0730. The second-order valence-corrected chi connectivity index (χ2v) is 10.3. The van der Waals surface area contributed by atoms with E-state index in [1.807, 2.05) is 51.2 Å². The molecular weight excluding hydrogens is 426 g/mol. The lowest BCUT2D eigenvalue weighted by atomic mass is 10.0. The van der Waals surface area contributed by atoms with Gasteiger partial charge < -0.3 is 9.84 Å². The molecule has 0 spiro atoms. The SMILES string of the molecule is CC=Cc1ccc2c(c1)O[C@H](CN(C)Cc1ccccn1)[C@@H](C)CN([C@H](C)CO)S2(=O)=O. The molecule has 1 aliphatic heterocycles. The lowest BCUT2D eigenvalue weighted by Gasteiger charge is -2.37. The van der Waals surface area contributed by atoms with Crippen LogP contribution in [0.5, 0.6) is 5.75 Å². The summed E-state index contributed by atoms with van der Waals surface area (Å²) in [4.78, 5) is 6.66. The summed E-state index contributed by atoms with van der Waals surface area (Å²) in [5, 5.41) is 9.74. The van der Waals surface area contributed by atoms with Crippen LogP contribution in [0.25, 0.3) is 6.08 Å². The number of pyridine rings is 1. The Morgan fingerprint density at radius 2 is 2.12 bits per heavy atom. The molecule has 0 fully saturated rings. The summed E-state index contributed by atoms with van der Waals surface area (Å²) in [5.41, 5.74) is 1.83. The molecule has 1 aromatic heterocycles. The summed E-state index contributed by atoms with van der Waals surface area (Å²) in [6.07, 6.45) is 5.34. The minimum Gasteiger partial charge on any atom is -0.487 e. The number of rotatable bonds is 7. The Balaban J connectivity index is 1.97. The molecule has 1 aliphatic rings. The van der Waals surface area contributed by atoms with Gasteiger partial charge in [-0.05, 0) is 50.7 Å². The first-order valence-corrected chi connectivity index (χ1v) is 12.3.